The third kappa shape index (κ3) is 4.08. The number of aryl methyl sites for hydroxylation is 1. The molecule has 0 bridgehead atoms. The fourth-order valence-electron chi connectivity index (χ4n) is 1.88. The second-order valence-electron chi connectivity index (χ2n) is 4.65. The van der Waals surface area contributed by atoms with E-state index in [-0.39, 0.29) is 12.1 Å². The fraction of sp³-hybridized carbons (Fsp3) is 0.357. The molecule has 2 N–H and O–H groups in total. The summed E-state index contributed by atoms with van der Waals surface area (Å²) < 4.78 is 1.75. The number of hydrogen-bond acceptors (Lipinski definition) is 3. The number of nitrogens with one attached hydrogen (secondary N) is 2. The smallest absolute Gasteiger partial charge is 0.315 e. The van der Waals surface area contributed by atoms with Crippen molar-refractivity contribution in [3.05, 3.63) is 48.0 Å². The van der Waals surface area contributed by atoms with E-state index in [0.717, 1.165) is 17.7 Å². The zero-order chi connectivity index (χ0) is 14.4. The van der Waals surface area contributed by atoms with Gasteiger partial charge in [-0.1, -0.05) is 6.07 Å². The fourth-order valence-corrected chi connectivity index (χ4v) is 1.88. The summed E-state index contributed by atoms with van der Waals surface area (Å²) in [5.41, 5.74) is 1.94. The van der Waals surface area contributed by atoms with E-state index in [1.165, 1.54) is 0 Å². The van der Waals surface area contributed by atoms with Crippen molar-refractivity contribution in [3.8, 4) is 0 Å². The summed E-state index contributed by atoms with van der Waals surface area (Å²) in [7, 11) is 1.87. The normalized spacial score (nSPS) is 11.9. The maximum absolute atomic E-state index is 11.8. The van der Waals surface area contributed by atoms with Gasteiger partial charge in [0.1, 0.15) is 0 Å². The van der Waals surface area contributed by atoms with Crippen LogP contribution in [0.25, 0.3) is 0 Å². The zero-order valence-electron chi connectivity index (χ0n) is 11.7. The highest BCUT2D eigenvalue weighted by molar-refractivity contribution is 5.74. The van der Waals surface area contributed by atoms with E-state index in [9.17, 15) is 4.79 Å². The number of rotatable bonds is 5. The van der Waals surface area contributed by atoms with Crippen LogP contribution in [0.4, 0.5) is 4.79 Å². The van der Waals surface area contributed by atoms with Crippen LogP contribution < -0.4 is 10.6 Å². The van der Waals surface area contributed by atoms with E-state index in [1.54, 1.807) is 17.1 Å². The van der Waals surface area contributed by atoms with Crippen LogP contribution in [0.1, 0.15) is 24.2 Å². The van der Waals surface area contributed by atoms with Crippen molar-refractivity contribution in [2.75, 3.05) is 6.54 Å². The minimum Gasteiger partial charge on any atom is -0.338 e. The lowest BCUT2D eigenvalue weighted by Crippen LogP contribution is -2.38. The third-order valence-electron chi connectivity index (χ3n) is 2.94. The summed E-state index contributed by atoms with van der Waals surface area (Å²) in [6.45, 7) is 2.48. The molecule has 2 aromatic rings. The number of nitrogens with zero attached hydrogens (tertiary/aromatic N) is 3. The van der Waals surface area contributed by atoms with Gasteiger partial charge < -0.3 is 10.6 Å². The van der Waals surface area contributed by atoms with Gasteiger partial charge in [-0.25, -0.2) is 4.79 Å². The first-order valence-corrected chi connectivity index (χ1v) is 6.58. The molecule has 0 radical (unpaired) electrons. The van der Waals surface area contributed by atoms with Crippen molar-refractivity contribution in [1.82, 2.24) is 25.4 Å². The Morgan fingerprint density at radius 3 is 2.95 bits per heavy atom. The molecule has 2 aromatic heterocycles. The molecule has 0 aliphatic heterocycles. The summed E-state index contributed by atoms with van der Waals surface area (Å²) in [5, 5.41) is 9.76. The predicted octanol–water partition coefficient (Wildman–Crippen LogP) is 1.42. The quantitative estimate of drug-likeness (QED) is 0.865. The number of pyridine rings is 1. The summed E-state index contributed by atoms with van der Waals surface area (Å²) in [6.07, 6.45) is 6.22. The van der Waals surface area contributed by atoms with Gasteiger partial charge in [-0.3, -0.25) is 9.67 Å². The molecular formula is C14H19N5O. The van der Waals surface area contributed by atoms with Crippen LogP contribution >= 0.6 is 0 Å². The van der Waals surface area contributed by atoms with Crippen molar-refractivity contribution in [2.45, 2.75) is 19.4 Å². The van der Waals surface area contributed by atoms with Crippen molar-refractivity contribution in [2.24, 2.45) is 7.05 Å². The average molecular weight is 273 g/mol. The Hall–Kier alpha value is -2.37. The summed E-state index contributed by atoms with van der Waals surface area (Å²) in [4.78, 5) is 16.0. The topological polar surface area (TPSA) is 71.8 Å². The Morgan fingerprint density at radius 2 is 2.30 bits per heavy atom. The highest BCUT2D eigenvalue weighted by Crippen LogP contribution is 2.07. The van der Waals surface area contributed by atoms with Crippen LogP contribution in [0.5, 0.6) is 0 Å². The molecule has 106 valence electrons. The van der Waals surface area contributed by atoms with Gasteiger partial charge in [0.2, 0.25) is 0 Å². The molecule has 0 saturated carbocycles. The Labute approximate surface area is 118 Å². The SMILES string of the molecule is CC(NC(=O)NCCc1cnn(C)c1)c1ccccn1. The first-order valence-electron chi connectivity index (χ1n) is 6.58. The van der Waals surface area contributed by atoms with E-state index in [2.05, 4.69) is 20.7 Å². The molecule has 1 unspecified atom stereocenters. The van der Waals surface area contributed by atoms with Crippen molar-refractivity contribution in [3.63, 3.8) is 0 Å². The number of carbonyl (C=O) groups excluding carboxylic acids is 1. The summed E-state index contributed by atoms with van der Waals surface area (Å²) in [5.74, 6) is 0. The molecule has 20 heavy (non-hydrogen) atoms. The van der Waals surface area contributed by atoms with Gasteiger partial charge in [0.15, 0.2) is 0 Å². The van der Waals surface area contributed by atoms with Crippen LogP contribution in [-0.2, 0) is 13.5 Å². The number of aromatic nitrogens is 3. The molecule has 0 aliphatic rings. The molecule has 0 aliphatic carbocycles. The number of hydrogen-bond donors (Lipinski definition) is 2. The monoisotopic (exact) mass is 273 g/mol. The van der Waals surface area contributed by atoms with Crippen LogP contribution in [0.15, 0.2) is 36.8 Å². The lowest BCUT2D eigenvalue weighted by molar-refractivity contribution is 0.238. The van der Waals surface area contributed by atoms with Crippen LogP contribution in [0.3, 0.4) is 0 Å². The predicted molar refractivity (Wildman–Crippen MR) is 76.1 cm³/mol. The van der Waals surface area contributed by atoms with Gasteiger partial charge in [-0.2, -0.15) is 5.10 Å². The van der Waals surface area contributed by atoms with Crippen LogP contribution in [-0.4, -0.2) is 27.3 Å². The number of urea groups is 1. The average Bonchev–Trinajstić information content (AvgIpc) is 2.85. The first-order chi connectivity index (χ1) is 9.65. The molecule has 2 amide bonds. The van der Waals surface area contributed by atoms with E-state index in [0.29, 0.717) is 6.54 Å². The molecule has 2 rings (SSSR count). The van der Waals surface area contributed by atoms with Gasteiger partial charge in [-0.05, 0) is 31.0 Å². The number of amides is 2. The number of carbonyl (C=O) groups is 1. The second kappa shape index (κ2) is 6.70. The summed E-state index contributed by atoms with van der Waals surface area (Å²) in [6, 6.07) is 5.34. The molecule has 1 atom stereocenters. The highest BCUT2D eigenvalue weighted by Gasteiger charge is 2.09. The van der Waals surface area contributed by atoms with Gasteiger partial charge >= 0.3 is 6.03 Å². The molecule has 2 heterocycles. The van der Waals surface area contributed by atoms with E-state index >= 15 is 0 Å². The van der Waals surface area contributed by atoms with E-state index in [4.69, 9.17) is 0 Å². The standard InChI is InChI=1S/C14H19N5O/c1-11(13-5-3-4-7-15-13)18-14(20)16-8-6-12-9-17-19(2)10-12/h3-5,7,9-11H,6,8H2,1-2H3,(H2,16,18,20). The maximum atomic E-state index is 11.8. The third-order valence-corrected chi connectivity index (χ3v) is 2.94. The summed E-state index contributed by atoms with van der Waals surface area (Å²) >= 11 is 0. The Balaban J connectivity index is 1.73. The minimum absolute atomic E-state index is 0.116. The molecule has 0 fully saturated rings. The molecule has 0 spiro atoms. The molecule has 6 nitrogen and oxygen atoms in total. The van der Waals surface area contributed by atoms with Gasteiger partial charge in [-0.15, -0.1) is 0 Å². The van der Waals surface area contributed by atoms with Gasteiger partial charge in [0.05, 0.1) is 17.9 Å². The van der Waals surface area contributed by atoms with Crippen LogP contribution in [0, 0.1) is 0 Å². The Kier molecular flexibility index (Phi) is 4.70. The van der Waals surface area contributed by atoms with Crippen molar-refractivity contribution >= 4 is 6.03 Å². The first kappa shape index (κ1) is 14.0. The Morgan fingerprint density at radius 1 is 1.45 bits per heavy atom. The highest BCUT2D eigenvalue weighted by atomic mass is 16.2. The minimum atomic E-state index is -0.188. The van der Waals surface area contributed by atoms with E-state index in [1.807, 2.05) is 38.4 Å². The largest absolute Gasteiger partial charge is 0.338 e. The molecule has 6 heteroatoms. The van der Waals surface area contributed by atoms with E-state index < -0.39 is 0 Å². The van der Waals surface area contributed by atoms with Gasteiger partial charge in [0.25, 0.3) is 0 Å². The molecule has 0 saturated heterocycles. The second-order valence-corrected chi connectivity index (χ2v) is 4.65. The lowest BCUT2D eigenvalue weighted by Gasteiger charge is -2.13. The molecule has 0 aromatic carbocycles. The maximum Gasteiger partial charge on any atom is 0.315 e. The zero-order valence-corrected chi connectivity index (χ0v) is 11.7. The van der Waals surface area contributed by atoms with Crippen molar-refractivity contribution < 1.29 is 4.79 Å². The molecular weight excluding hydrogens is 254 g/mol. The van der Waals surface area contributed by atoms with Gasteiger partial charge in [0, 0.05) is 26.0 Å². The van der Waals surface area contributed by atoms with Crippen LogP contribution in [0.2, 0.25) is 0 Å². The lowest BCUT2D eigenvalue weighted by atomic mass is 10.2. The Bertz CT molecular complexity index is 552. The van der Waals surface area contributed by atoms with Crippen molar-refractivity contribution in [1.29, 1.82) is 0 Å².